The second kappa shape index (κ2) is 8.97. The lowest BCUT2D eigenvalue weighted by Crippen LogP contribution is -2.23. The molecule has 0 saturated carbocycles. The van der Waals surface area contributed by atoms with Crippen LogP contribution in [-0.4, -0.2) is 50.3 Å². The first-order chi connectivity index (χ1) is 8.45. The maximum atomic E-state index is 11.0. The molecule has 0 atom stereocenters. The van der Waals surface area contributed by atoms with Crippen LogP contribution in [0.2, 0.25) is 0 Å². The van der Waals surface area contributed by atoms with E-state index in [1.165, 1.54) is 0 Å². The molecule has 0 aromatic heterocycles. The van der Waals surface area contributed by atoms with Crippen molar-refractivity contribution >= 4 is 23.9 Å². The van der Waals surface area contributed by atoms with Crippen molar-refractivity contribution in [2.75, 3.05) is 26.4 Å². The van der Waals surface area contributed by atoms with E-state index in [0.717, 1.165) is 6.92 Å². The Kier molecular flexibility index (Phi) is 7.91. The van der Waals surface area contributed by atoms with Gasteiger partial charge >= 0.3 is 23.9 Å². The summed E-state index contributed by atoms with van der Waals surface area (Å²) in [5.41, 5.74) is 0. The van der Waals surface area contributed by atoms with E-state index in [9.17, 15) is 19.2 Å². The number of hydrogen-bond donors (Lipinski definition) is 0. The van der Waals surface area contributed by atoms with Gasteiger partial charge in [0.15, 0.2) is 19.8 Å². The third kappa shape index (κ3) is 9.13. The molecular formula is C10H14O8. The van der Waals surface area contributed by atoms with E-state index in [1.54, 1.807) is 6.92 Å². The second-order valence-electron chi connectivity index (χ2n) is 2.91. The van der Waals surface area contributed by atoms with Crippen LogP contribution in [0.3, 0.4) is 0 Å². The van der Waals surface area contributed by atoms with Gasteiger partial charge in [-0.15, -0.1) is 0 Å². The number of esters is 4. The molecule has 8 heteroatoms. The fourth-order valence-electron chi connectivity index (χ4n) is 0.725. The summed E-state index contributed by atoms with van der Waals surface area (Å²) in [5.74, 6) is -3.13. The highest BCUT2D eigenvalue weighted by Crippen LogP contribution is 1.87. The molecule has 0 fully saturated rings. The molecule has 0 saturated heterocycles. The summed E-state index contributed by atoms with van der Waals surface area (Å²) in [6, 6.07) is 0. The Morgan fingerprint density at radius 3 is 1.50 bits per heavy atom. The van der Waals surface area contributed by atoms with Crippen molar-refractivity contribution in [2.45, 2.75) is 13.8 Å². The largest absolute Gasteiger partial charge is 0.463 e. The summed E-state index contributed by atoms with van der Waals surface area (Å²) in [7, 11) is 0. The minimum atomic E-state index is -0.903. The van der Waals surface area contributed by atoms with Crippen molar-refractivity contribution in [3.05, 3.63) is 0 Å². The number of ether oxygens (including phenoxy) is 4. The lowest BCUT2D eigenvalue weighted by atomic mass is 10.6. The fraction of sp³-hybridized carbons (Fsp3) is 0.600. The van der Waals surface area contributed by atoms with Gasteiger partial charge in [0.05, 0.1) is 6.61 Å². The molecule has 0 aliphatic carbocycles. The average molecular weight is 262 g/mol. The molecule has 0 radical (unpaired) electrons. The van der Waals surface area contributed by atoms with Gasteiger partial charge in [0, 0.05) is 6.92 Å². The van der Waals surface area contributed by atoms with Crippen LogP contribution < -0.4 is 0 Å². The summed E-state index contributed by atoms with van der Waals surface area (Å²) in [6.45, 7) is 1.11. The molecule has 102 valence electrons. The zero-order chi connectivity index (χ0) is 14.0. The highest BCUT2D eigenvalue weighted by molar-refractivity contribution is 5.80. The number of carbonyl (C=O) groups is 4. The molecule has 0 aromatic rings. The molecule has 0 amide bonds. The first kappa shape index (κ1) is 15.9. The highest BCUT2D eigenvalue weighted by atomic mass is 16.6. The van der Waals surface area contributed by atoms with E-state index in [2.05, 4.69) is 18.9 Å². The Bertz CT molecular complexity index is 322. The van der Waals surface area contributed by atoms with Crippen LogP contribution in [0.4, 0.5) is 0 Å². The van der Waals surface area contributed by atoms with E-state index in [0.29, 0.717) is 0 Å². The molecule has 0 aromatic carbocycles. The zero-order valence-electron chi connectivity index (χ0n) is 10.1. The summed E-state index contributed by atoms with van der Waals surface area (Å²) in [4.78, 5) is 43.0. The molecule has 0 spiro atoms. The first-order valence-corrected chi connectivity index (χ1v) is 5.06. The van der Waals surface area contributed by atoms with E-state index in [-0.39, 0.29) is 6.61 Å². The smallest absolute Gasteiger partial charge is 0.344 e. The lowest BCUT2D eigenvalue weighted by molar-refractivity contribution is -0.167. The third-order valence-electron chi connectivity index (χ3n) is 1.40. The molecule has 18 heavy (non-hydrogen) atoms. The minimum absolute atomic E-state index is 0.174. The van der Waals surface area contributed by atoms with Crippen LogP contribution in [0.5, 0.6) is 0 Å². The van der Waals surface area contributed by atoms with Gasteiger partial charge in [-0.3, -0.25) is 4.79 Å². The van der Waals surface area contributed by atoms with E-state index in [1.807, 2.05) is 0 Å². The molecule has 0 N–H and O–H groups in total. The van der Waals surface area contributed by atoms with Crippen molar-refractivity contribution < 1.29 is 38.1 Å². The van der Waals surface area contributed by atoms with Crippen LogP contribution in [0, 0.1) is 0 Å². The zero-order valence-corrected chi connectivity index (χ0v) is 10.1. The summed E-state index contributed by atoms with van der Waals surface area (Å²) in [5, 5.41) is 0. The maximum Gasteiger partial charge on any atom is 0.344 e. The first-order valence-electron chi connectivity index (χ1n) is 5.06. The fourth-order valence-corrected chi connectivity index (χ4v) is 0.725. The minimum Gasteiger partial charge on any atom is -0.463 e. The summed E-state index contributed by atoms with van der Waals surface area (Å²) < 4.78 is 17.7. The van der Waals surface area contributed by atoms with E-state index >= 15 is 0 Å². The lowest BCUT2D eigenvalue weighted by Gasteiger charge is -2.05. The van der Waals surface area contributed by atoms with Crippen LogP contribution in [0.1, 0.15) is 13.8 Å². The van der Waals surface area contributed by atoms with Crippen LogP contribution >= 0.6 is 0 Å². The second-order valence-corrected chi connectivity index (χ2v) is 2.91. The summed E-state index contributed by atoms with van der Waals surface area (Å²) >= 11 is 0. The SMILES string of the molecule is CCOC(=O)COC(=O)COC(=O)COC(C)=O. The van der Waals surface area contributed by atoms with Gasteiger partial charge in [-0.1, -0.05) is 0 Å². The van der Waals surface area contributed by atoms with Crippen LogP contribution in [0.25, 0.3) is 0 Å². The van der Waals surface area contributed by atoms with Gasteiger partial charge in [-0.25, -0.2) is 14.4 Å². The Labute approximate surface area is 103 Å². The van der Waals surface area contributed by atoms with Crippen molar-refractivity contribution in [3.63, 3.8) is 0 Å². The van der Waals surface area contributed by atoms with Gasteiger partial charge in [0.25, 0.3) is 0 Å². The quantitative estimate of drug-likeness (QED) is 0.433. The Balaban J connectivity index is 3.67. The molecule has 0 rings (SSSR count). The van der Waals surface area contributed by atoms with Gasteiger partial charge < -0.3 is 18.9 Å². The number of rotatable bonds is 7. The van der Waals surface area contributed by atoms with Crippen LogP contribution in [-0.2, 0) is 38.1 Å². The normalized spacial score (nSPS) is 9.22. The monoisotopic (exact) mass is 262 g/mol. The molecular weight excluding hydrogens is 248 g/mol. The Morgan fingerprint density at radius 1 is 0.722 bits per heavy atom. The van der Waals surface area contributed by atoms with E-state index < -0.39 is 43.7 Å². The molecule has 0 heterocycles. The number of hydrogen-bond acceptors (Lipinski definition) is 8. The predicted molar refractivity (Wildman–Crippen MR) is 55.2 cm³/mol. The molecule has 0 aliphatic heterocycles. The van der Waals surface area contributed by atoms with Crippen molar-refractivity contribution in [1.29, 1.82) is 0 Å². The topological polar surface area (TPSA) is 105 Å². The predicted octanol–water partition coefficient (Wildman–Crippen LogP) is -0.801. The van der Waals surface area contributed by atoms with Gasteiger partial charge in [0.2, 0.25) is 0 Å². The van der Waals surface area contributed by atoms with Gasteiger partial charge in [0.1, 0.15) is 0 Å². The molecule has 0 aliphatic rings. The van der Waals surface area contributed by atoms with Crippen molar-refractivity contribution in [2.24, 2.45) is 0 Å². The highest BCUT2D eigenvalue weighted by Gasteiger charge is 2.12. The molecule has 0 bridgehead atoms. The Hall–Kier alpha value is -2.12. The molecule has 0 unspecified atom stereocenters. The maximum absolute atomic E-state index is 11.0. The van der Waals surface area contributed by atoms with E-state index in [4.69, 9.17) is 0 Å². The number of carbonyl (C=O) groups excluding carboxylic acids is 4. The summed E-state index contributed by atoms with van der Waals surface area (Å²) in [6.07, 6.45) is 0. The third-order valence-corrected chi connectivity index (χ3v) is 1.40. The Morgan fingerprint density at radius 2 is 1.11 bits per heavy atom. The van der Waals surface area contributed by atoms with Crippen molar-refractivity contribution in [3.8, 4) is 0 Å². The van der Waals surface area contributed by atoms with Crippen molar-refractivity contribution in [1.82, 2.24) is 0 Å². The van der Waals surface area contributed by atoms with Gasteiger partial charge in [-0.2, -0.15) is 0 Å². The van der Waals surface area contributed by atoms with Crippen LogP contribution in [0.15, 0.2) is 0 Å². The molecule has 8 nitrogen and oxygen atoms in total. The average Bonchev–Trinajstić information content (AvgIpc) is 2.31. The van der Waals surface area contributed by atoms with Gasteiger partial charge in [-0.05, 0) is 6.92 Å². The standard InChI is InChI=1S/C10H14O8/c1-3-15-8(12)5-17-10(14)6-18-9(13)4-16-7(2)11/h3-6H2,1-2H3.